The Morgan fingerprint density at radius 3 is 2.87 bits per heavy atom. The van der Waals surface area contributed by atoms with Crippen LogP contribution in [-0.2, 0) is 4.79 Å². The number of hydrogen-bond acceptors (Lipinski definition) is 4. The summed E-state index contributed by atoms with van der Waals surface area (Å²) in [5.74, 6) is -0.00248. The molecule has 0 aliphatic heterocycles. The number of carbonyl (C=O) groups excluding carboxylic acids is 1. The number of aryl methyl sites for hydroxylation is 1. The third-order valence-electron chi connectivity index (χ3n) is 1.58. The van der Waals surface area contributed by atoms with E-state index in [1.54, 1.807) is 19.9 Å². The van der Waals surface area contributed by atoms with Crippen LogP contribution in [0.1, 0.15) is 19.0 Å². The third kappa shape index (κ3) is 4.22. The molecule has 0 saturated carbocycles. The van der Waals surface area contributed by atoms with Gasteiger partial charge in [-0.2, -0.15) is 0 Å². The molecule has 1 aromatic heterocycles. The monoisotopic (exact) mass is 228 g/mol. The number of anilines is 1. The Kier molecular flexibility index (Phi) is 3.99. The van der Waals surface area contributed by atoms with Crippen LogP contribution in [0, 0.1) is 6.92 Å². The second-order valence-corrected chi connectivity index (χ2v) is 3.77. The number of amides is 1. The number of nitrogens with zero attached hydrogens (tertiary/aromatic N) is 2. The minimum atomic E-state index is -0.216. The average molecular weight is 229 g/mol. The van der Waals surface area contributed by atoms with E-state index < -0.39 is 0 Å². The van der Waals surface area contributed by atoms with Gasteiger partial charge in [0.15, 0.2) is 0 Å². The van der Waals surface area contributed by atoms with Gasteiger partial charge >= 0.3 is 0 Å². The van der Waals surface area contributed by atoms with E-state index in [0.29, 0.717) is 10.8 Å². The highest BCUT2D eigenvalue weighted by atomic mass is 35.5. The van der Waals surface area contributed by atoms with Crippen LogP contribution in [0.2, 0.25) is 5.15 Å². The van der Waals surface area contributed by atoms with Crippen molar-refractivity contribution in [3.8, 4) is 0 Å². The minimum absolute atomic E-state index is 0.190. The molecule has 1 atom stereocenters. The molecular formula is C9H13ClN4O. The zero-order valence-corrected chi connectivity index (χ0v) is 9.38. The molecule has 0 radical (unpaired) electrons. The van der Waals surface area contributed by atoms with Crippen molar-refractivity contribution in [1.82, 2.24) is 9.97 Å². The summed E-state index contributed by atoms with van der Waals surface area (Å²) in [5, 5.41) is 2.83. The molecule has 0 aromatic carbocycles. The first-order chi connectivity index (χ1) is 6.97. The van der Waals surface area contributed by atoms with Gasteiger partial charge in [0, 0.05) is 18.2 Å². The fourth-order valence-corrected chi connectivity index (χ4v) is 1.29. The van der Waals surface area contributed by atoms with Crippen molar-refractivity contribution in [2.45, 2.75) is 26.3 Å². The Bertz CT molecular complexity index is 347. The van der Waals surface area contributed by atoms with E-state index in [4.69, 9.17) is 17.3 Å². The van der Waals surface area contributed by atoms with E-state index in [2.05, 4.69) is 15.3 Å². The number of nitrogens with two attached hydrogens (primary N) is 1. The molecule has 1 amide bonds. The fourth-order valence-electron chi connectivity index (χ4n) is 1.05. The lowest BCUT2D eigenvalue weighted by Crippen LogP contribution is -2.24. The van der Waals surface area contributed by atoms with E-state index >= 15 is 0 Å². The van der Waals surface area contributed by atoms with E-state index in [1.807, 2.05) is 0 Å². The average Bonchev–Trinajstić information content (AvgIpc) is 1.98. The standard InChI is InChI=1S/C9H13ClN4O/c1-5(11)3-8(15)14-9-12-6(2)4-7(10)13-9/h4-5H,3,11H2,1-2H3,(H,12,13,14,15). The van der Waals surface area contributed by atoms with Gasteiger partial charge in [0.1, 0.15) is 5.15 Å². The SMILES string of the molecule is Cc1cc(Cl)nc(NC(=O)CC(C)N)n1. The number of hydrogen-bond donors (Lipinski definition) is 2. The summed E-state index contributed by atoms with van der Waals surface area (Å²) >= 11 is 5.71. The van der Waals surface area contributed by atoms with Crippen molar-refractivity contribution in [3.05, 3.63) is 16.9 Å². The molecule has 5 nitrogen and oxygen atoms in total. The zero-order chi connectivity index (χ0) is 11.4. The van der Waals surface area contributed by atoms with Crippen LogP contribution in [0.4, 0.5) is 5.95 Å². The first kappa shape index (κ1) is 11.9. The van der Waals surface area contributed by atoms with Gasteiger partial charge in [-0.1, -0.05) is 11.6 Å². The van der Waals surface area contributed by atoms with Crippen LogP contribution in [0.25, 0.3) is 0 Å². The lowest BCUT2D eigenvalue weighted by molar-refractivity contribution is -0.116. The van der Waals surface area contributed by atoms with Crippen molar-refractivity contribution < 1.29 is 4.79 Å². The van der Waals surface area contributed by atoms with Gasteiger partial charge in [-0.25, -0.2) is 9.97 Å². The van der Waals surface area contributed by atoms with Gasteiger partial charge in [-0.15, -0.1) is 0 Å². The second-order valence-electron chi connectivity index (χ2n) is 3.39. The molecule has 0 aliphatic rings. The van der Waals surface area contributed by atoms with Gasteiger partial charge in [0.05, 0.1) is 0 Å². The van der Waals surface area contributed by atoms with E-state index in [9.17, 15) is 4.79 Å². The lowest BCUT2D eigenvalue weighted by atomic mass is 10.2. The Labute approximate surface area is 93.0 Å². The molecule has 0 spiro atoms. The summed E-state index contributed by atoms with van der Waals surface area (Å²) in [5.41, 5.74) is 6.18. The van der Waals surface area contributed by atoms with Crippen molar-refractivity contribution >= 4 is 23.5 Å². The van der Waals surface area contributed by atoms with E-state index in [-0.39, 0.29) is 24.3 Å². The smallest absolute Gasteiger partial charge is 0.231 e. The largest absolute Gasteiger partial charge is 0.327 e. The number of aromatic nitrogens is 2. The van der Waals surface area contributed by atoms with Gasteiger partial charge in [0.2, 0.25) is 11.9 Å². The predicted molar refractivity (Wildman–Crippen MR) is 58.7 cm³/mol. The molecule has 6 heteroatoms. The zero-order valence-electron chi connectivity index (χ0n) is 8.62. The molecule has 0 bridgehead atoms. The topological polar surface area (TPSA) is 80.9 Å². The van der Waals surface area contributed by atoms with Crippen molar-refractivity contribution in [2.75, 3.05) is 5.32 Å². The Morgan fingerprint density at radius 1 is 1.67 bits per heavy atom. The van der Waals surface area contributed by atoms with Crippen molar-refractivity contribution in [1.29, 1.82) is 0 Å². The maximum atomic E-state index is 11.3. The second kappa shape index (κ2) is 5.04. The quantitative estimate of drug-likeness (QED) is 0.760. The molecule has 0 fully saturated rings. The number of halogens is 1. The molecular weight excluding hydrogens is 216 g/mol. The van der Waals surface area contributed by atoms with E-state index in [0.717, 1.165) is 0 Å². The maximum Gasteiger partial charge on any atom is 0.231 e. The Morgan fingerprint density at radius 2 is 2.33 bits per heavy atom. The maximum absolute atomic E-state index is 11.3. The number of rotatable bonds is 3. The summed E-state index contributed by atoms with van der Waals surface area (Å²) in [7, 11) is 0. The predicted octanol–water partition coefficient (Wildman–Crippen LogP) is 1.11. The highest BCUT2D eigenvalue weighted by molar-refractivity contribution is 6.29. The van der Waals surface area contributed by atoms with Gasteiger partial charge in [-0.05, 0) is 19.9 Å². The minimum Gasteiger partial charge on any atom is -0.327 e. The molecule has 0 aliphatic carbocycles. The fraction of sp³-hybridized carbons (Fsp3) is 0.444. The van der Waals surface area contributed by atoms with Crippen molar-refractivity contribution in [2.24, 2.45) is 5.73 Å². The van der Waals surface area contributed by atoms with Crippen LogP contribution in [-0.4, -0.2) is 21.9 Å². The first-order valence-electron chi connectivity index (χ1n) is 4.54. The third-order valence-corrected chi connectivity index (χ3v) is 1.78. The number of carbonyl (C=O) groups is 1. The summed E-state index contributed by atoms with van der Waals surface area (Å²) in [6, 6.07) is 1.42. The van der Waals surface area contributed by atoms with Crippen LogP contribution >= 0.6 is 11.6 Å². The molecule has 1 unspecified atom stereocenters. The molecule has 1 rings (SSSR count). The molecule has 15 heavy (non-hydrogen) atoms. The van der Waals surface area contributed by atoms with E-state index in [1.165, 1.54) is 0 Å². The van der Waals surface area contributed by atoms with Gasteiger partial charge in [0.25, 0.3) is 0 Å². The normalized spacial score (nSPS) is 12.3. The summed E-state index contributed by atoms with van der Waals surface area (Å²) in [4.78, 5) is 19.2. The Balaban J connectivity index is 2.68. The lowest BCUT2D eigenvalue weighted by Gasteiger charge is -2.06. The molecule has 0 saturated heterocycles. The van der Waals surface area contributed by atoms with Gasteiger partial charge < -0.3 is 5.73 Å². The van der Waals surface area contributed by atoms with Crippen LogP contribution in [0.3, 0.4) is 0 Å². The molecule has 1 aromatic rings. The summed E-state index contributed by atoms with van der Waals surface area (Å²) in [6.07, 6.45) is 0.231. The highest BCUT2D eigenvalue weighted by Crippen LogP contribution is 2.09. The van der Waals surface area contributed by atoms with Crippen LogP contribution < -0.4 is 11.1 Å². The molecule has 82 valence electrons. The molecule has 1 heterocycles. The van der Waals surface area contributed by atoms with Gasteiger partial charge in [-0.3, -0.25) is 10.1 Å². The highest BCUT2D eigenvalue weighted by Gasteiger charge is 2.08. The first-order valence-corrected chi connectivity index (χ1v) is 4.92. The molecule has 3 N–H and O–H groups in total. The Hall–Kier alpha value is -1.20. The van der Waals surface area contributed by atoms with Crippen molar-refractivity contribution in [3.63, 3.8) is 0 Å². The summed E-state index contributed by atoms with van der Waals surface area (Å²) in [6.45, 7) is 3.53. The van der Waals surface area contributed by atoms with Crippen LogP contribution in [0.15, 0.2) is 6.07 Å². The number of nitrogens with one attached hydrogen (secondary N) is 1. The van der Waals surface area contributed by atoms with Crippen LogP contribution in [0.5, 0.6) is 0 Å². The summed E-state index contributed by atoms with van der Waals surface area (Å²) < 4.78 is 0.